The van der Waals surface area contributed by atoms with Gasteiger partial charge in [0.25, 0.3) is 0 Å². The summed E-state index contributed by atoms with van der Waals surface area (Å²) in [6, 6.07) is 12.9. The summed E-state index contributed by atoms with van der Waals surface area (Å²) in [5.41, 5.74) is 6.29. The topological polar surface area (TPSA) is 80.6 Å². The predicted molar refractivity (Wildman–Crippen MR) is 141 cm³/mol. The van der Waals surface area contributed by atoms with E-state index >= 15 is 0 Å². The molecular formula is C28H33N7O. The standard InChI is InChI=1S/C28H33N7O/c1-19-16-35(26-6-5-21(13-29)28-25(26)4-3-7-30-28)18-24(36-19)17-33-8-10-34(11-9-33)23-12-22-14-31-20(2)27(22)32-15-23/h3-7,12,15,19-20,24,31H,8-11,14,16-18H2,1-2H3/t19-,20+,24+/m1/s1. The third-order valence-electron chi connectivity index (χ3n) is 7.73. The van der Waals surface area contributed by atoms with Crippen molar-refractivity contribution in [1.29, 1.82) is 5.26 Å². The highest BCUT2D eigenvalue weighted by Gasteiger charge is 2.30. The molecule has 0 spiro atoms. The van der Waals surface area contributed by atoms with Crippen molar-refractivity contribution in [2.75, 3.05) is 55.6 Å². The summed E-state index contributed by atoms with van der Waals surface area (Å²) < 4.78 is 6.39. The van der Waals surface area contributed by atoms with Crippen molar-refractivity contribution in [3.63, 3.8) is 0 Å². The number of morpholine rings is 1. The molecule has 8 heteroatoms. The zero-order valence-electron chi connectivity index (χ0n) is 21.0. The number of anilines is 2. The molecule has 6 rings (SSSR count). The van der Waals surface area contributed by atoms with Crippen LogP contribution in [0.4, 0.5) is 11.4 Å². The fourth-order valence-corrected chi connectivity index (χ4v) is 5.92. The van der Waals surface area contributed by atoms with Gasteiger partial charge in [-0.15, -0.1) is 0 Å². The van der Waals surface area contributed by atoms with E-state index in [9.17, 15) is 5.26 Å². The molecule has 36 heavy (non-hydrogen) atoms. The van der Waals surface area contributed by atoms with Crippen molar-refractivity contribution in [2.45, 2.75) is 38.6 Å². The Hall–Kier alpha value is -3.25. The van der Waals surface area contributed by atoms with Crippen LogP contribution in [0.3, 0.4) is 0 Å². The van der Waals surface area contributed by atoms with E-state index in [1.807, 2.05) is 18.3 Å². The van der Waals surface area contributed by atoms with Crippen LogP contribution < -0.4 is 15.1 Å². The molecule has 0 unspecified atom stereocenters. The van der Waals surface area contributed by atoms with Crippen LogP contribution in [0.5, 0.6) is 0 Å². The van der Waals surface area contributed by atoms with Crippen LogP contribution in [0.2, 0.25) is 0 Å². The van der Waals surface area contributed by atoms with Crippen LogP contribution in [-0.4, -0.2) is 72.9 Å². The molecule has 8 nitrogen and oxygen atoms in total. The summed E-state index contributed by atoms with van der Waals surface area (Å²) in [5, 5.41) is 14.0. The van der Waals surface area contributed by atoms with Crippen LogP contribution in [0, 0.1) is 11.3 Å². The monoisotopic (exact) mass is 483 g/mol. The van der Waals surface area contributed by atoms with Gasteiger partial charge in [-0.1, -0.05) is 0 Å². The zero-order chi connectivity index (χ0) is 24.6. The van der Waals surface area contributed by atoms with Crippen molar-refractivity contribution in [1.82, 2.24) is 20.2 Å². The van der Waals surface area contributed by atoms with E-state index in [1.165, 1.54) is 16.9 Å². The quantitative estimate of drug-likeness (QED) is 0.607. The van der Waals surface area contributed by atoms with E-state index in [1.54, 1.807) is 6.20 Å². The van der Waals surface area contributed by atoms with E-state index in [0.717, 1.165) is 68.9 Å². The number of pyridine rings is 2. The number of hydrogen-bond donors (Lipinski definition) is 1. The summed E-state index contributed by atoms with van der Waals surface area (Å²) >= 11 is 0. The first-order valence-corrected chi connectivity index (χ1v) is 13.0. The number of nitriles is 1. The van der Waals surface area contributed by atoms with Crippen molar-refractivity contribution >= 4 is 22.3 Å². The smallest absolute Gasteiger partial charge is 0.101 e. The second kappa shape index (κ2) is 9.66. The minimum absolute atomic E-state index is 0.136. The summed E-state index contributed by atoms with van der Waals surface area (Å²) in [5.74, 6) is 0. The second-order valence-electron chi connectivity index (χ2n) is 10.2. The third kappa shape index (κ3) is 4.39. The lowest BCUT2D eigenvalue weighted by atomic mass is 10.1. The van der Waals surface area contributed by atoms with Crippen LogP contribution in [0.1, 0.15) is 36.7 Å². The molecule has 0 amide bonds. The van der Waals surface area contributed by atoms with Gasteiger partial charge < -0.3 is 19.9 Å². The van der Waals surface area contributed by atoms with E-state index in [4.69, 9.17) is 9.72 Å². The first kappa shape index (κ1) is 23.2. The molecule has 3 aromatic rings. The van der Waals surface area contributed by atoms with Gasteiger partial charge in [0.05, 0.1) is 40.9 Å². The van der Waals surface area contributed by atoms with Gasteiger partial charge in [0, 0.05) is 75.7 Å². The molecular weight excluding hydrogens is 450 g/mol. The molecule has 186 valence electrons. The molecule has 0 radical (unpaired) electrons. The molecule has 0 aliphatic carbocycles. The number of nitrogens with one attached hydrogen (secondary N) is 1. The Morgan fingerprint density at radius 2 is 1.94 bits per heavy atom. The van der Waals surface area contributed by atoms with Crippen molar-refractivity contribution in [3.05, 3.63) is 59.5 Å². The van der Waals surface area contributed by atoms with Gasteiger partial charge in [0.15, 0.2) is 0 Å². The minimum Gasteiger partial charge on any atom is -0.370 e. The lowest BCUT2D eigenvalue weighted by molar-refractivity contribution is -0.0327. The molecule has 0 saturated carbocycles. The van der Waals surface area contributed by atoms with Crippen LogP contribution >= 0.6 is 0 Å². The maximum atomic E-state index is 9.51. The highest BCUT2D eigenvalue weighted by atomic mass is 16.5. The fraction of sp³-hybridized carbons (Fsp3) is 0.464. The maximum absolute atomic E-state index is 9.51. The van der Waals surface area contributed by atoms with Gasteiger partial charge in [-0.2, -0.15) is 5.26 Å². The number of ether oxygens (including phenoxy) is 1. The molecule has 2 aromatic heterocycles. The molecule has 3 atom stereocenters. The minimum atomic E-state index is 0.136. The lowest BCUT2D eigenvalue weighted by Crippen LogP contribution is -2.54. The van der Waals surface area contributed by atoms with E-state index in [2.05, 4.69) is 63.1 Å². The molecule has 1 aromatic carbocycles. The second-order valence-corrected chi connectivity index (χ2v) is 10.2. The number of rotatable bonds is 4. The Labute approximate surface area is 212 Å². The van der Waals surface area contributed by atoms with Gasteiger partial charge >= 0.3 is 0 Å². The number of aromatic nitrogens is 2. The van der Waals surface area contributed by atoms with Crippen LogP contribution in [0.25, 0.3) is 10.9 Å². The highest BCUT2D eigenvalue weighted by molar-refractivity contribution is 5.95. The van der Waals surface area contributed by atoms with Crippen molar-refractivity contribution in [3.8, 4) is 6.07 Å². The largest absolute Gasteiger partial charge is 0.370 e. The maximum Gasteiger partial charge on any atom is 0.101 e. The van der Waals surface area contributed by atoms with Gasteiger partial charge in [-0.25, -0.2) is 0 Å². The summed E-state index contributed by atoms with van der Waals surface area (Å²) in [6.07, 6.45) is 4.07. The molecule has 1 N–H and O–H groups in total. The summed E-state index contributed by atoms with van der Waals surface area (Å²) in [7, 11) is 0. The third-order valence-corrected chi connectivity index (χ3v) is 7.73. The van der Waals surface area contributed by atoms with E-state index in [0.29, 0.717) is 11.6 Å². The van der Waals surface area contributed by atoms with Crippen LogP contribution in [0.15, 0.2) is 42.7 Å². The number of fused-ring (bicyclic) bond motifs is 2. The fourth-order valence-electron chi connectivity index (χ4n) is 5.92. The van der Waals surface area contributed by atoms with Crippen molar-refractivity contribution in [2.24, 2.45) is 0 Å². The van der Waals surface area contributed by atoms with Gasteiger partial charge in [0.2, 0.25) is 0 Å². The Morgan fingerprint density at radius 1 is 1.08 bits per heavy atom. The van der Waals surface area contributed by atoms with E-state index in [-0.39, 0.29) is 12.2 Å². The number of benzene rings is 1. The number of hydrogen-bond acceptors (Lipinski definition) is 8. The highest BCUT2D eigenvalue weighted by Crippen LogP contribution is 2.31. The van der Waals surface area contributed by atoms with Gasteiger partial charge in [0.1, 0.15) is 6.07 Å². The average Bonchev–Trinajstić information content (AvgIpc) is 3.28. The number of piperazine rings is 1. The normalized spacial score (nSPS) is 24.6. The predicted octanol–water partition coefficient (Wildman–Crippen LogP) is 3.08. The Morgan fingerprint density at radius 3 is 2.78 bits per heavy atom. The van der Waals surface area contributed by atoms with Gasteiger partial charge in [-0.05, 0) is 49.7 Å². The molecule has 5 heterocycles. The summed E-state index contributed by atoms with van der Waals surface area (Å²) in [6.45, 7) is 11.9. The van der Waals surface area contributed by atoms with Gasteiger partial charge in [-0.3, -0.25) is 14.9 Å². The SMILES string of the molecule is C[C@@H]1CN(c2ccc(C#N)c3ncccc23)C[C@H](CN2CCN(c3cnc4c(c3)CN[C@H]4C)CC2)O1. The Kier molecular flexibility index (Phi) is 6.22. The first-order chi connectivity index (χ1) is 17.6. The molecule has 3 aliphatic heterocycles. The molecule has 3 aliphatic rings. The van der Waals surface area contributed by atoms with Crippen molar-refractivity contribution < 1.29 is 4.74 Å². The zero-order valence-corrected chi connectivity index (χ0v) is 21.0. The molecule has 0 bridgehead atoms. The molecule has 2 saturated heterocycles. The summed E-state index contributed by atoms with van der Waals surface area (Å²) in [4.78, 5) is 16.6. The Bertz CT molecular complexity index is 1300. The van der Waals surface area contributed by atoms with Crippen LogP contribution in [-0.2, 0) is 11.3 Å². The first-order valence-electron chi connectivity index (χ1n) is 13.0. The Balaban J connectivity index is 1.11. The van der Waals surface area contributed by atoms with E-state index < -0.39 is 0 Å². The number of nitrogens with zero attached hydrogens (tertiary/aromatic N) is 6. The average molecular weight is 484 g/mol. The molecule has 2 fully saturated rings. The lowest BCUT2D eigenvalue weighted by Gasteiger charge is -2.42.